The molecule has 1 saturated heterocycles. The molecule has 2 aromatic carbocycles. The van der Waals surface area contributed by atoms with Crippen LogP contribution in [0, 0.1) is 11.8 Å². The monoisotopic (exact) mass is 435 g/mol. The first-order chi connectivity index (χ1) is 15.6. The van der Waals surface area contributed by atoms with Crippen molar-refractivity contribution in [3.63, 3.8) is 0 Å². The molecule has 176 valence electrons. The molecule has 2 aromatic rings. The Hall–Kier alpha value is -1.64. The van der Waals surface area contributed by atoms with Crippen LogP contribution >= 0.6 is 0 Å². The molecule has 2 N–H and O–H groups in total. The molecule has 3 rings (SSSR count). The van der Waals surface area contributed by atoms with E-state index in [9.17, 15) is 5.11 Å². The fourth-order valence-corrected chi connectivity index (χ4v) is 5.91. The van der Waals surface area contributed by atoms with Crippen molar-refractivity contribution >= 4 is 0 Å². The van der Waals surface area contributed by atoms with Gasteiger partial charge in [-0.05, 0) is 24.0 Å². The lowest BCUT2D eigenvalue weighted by atomic mass is 9.62. The average Bonchev–Trinajstić information content (AvgIpc) is 2.83. The second-order valence-corrected chi connectivity index (χ2v) is 9.99. The zero-order valence-electron chi connectivity index (χ0n) is 20.6. The molecule has 2 heteroatoms. The molecular weight excluding hydrogens is 390 g/mol. The minimum absolute atomic E-state index is 0.157. The van der Waals surface area contributed by atoms with Gasteiger partial charge in [-0.1, -0.05) is 133 Å². The highest BCUT2D eigenvalue weighted by Gasteiger charge is 2.52. The normalized spacial score (nSPS) is 28.0. The maximum Gasteiger partial charge on any atom is 0.0737 e. The van der Waals surface area contributed by atoms with E-state index >= 15 is 0 Å². The quantitative estimate of drug-likeness (QED) is 0.331. The van der Waals surface area contributed by atoms with E-state index in [-0.39, 0.29) is 23.9 Å². The van der Waals surface area contributed by atoms with Gasteiger partial charge in [0.05, 0.1) is 5.60 Å². The van der Waals surface area contributed by atoms with E-state index in [2.05, 4.69) is 86.8 Å². The number of rotatable bonds is 12. The van der Waals surface area contributed by atoms with Gasteiger partial charge < -0.3 is 10.4 Å². The molecule has 0 unspecified atom stereocenters. The zero-order chi connectivity index (χ0) is 22.8. The molecule has 0 aromatic heterocycles. The third-order valence-electron chi connectivity index (χ3n) is 7.79. The van der Waals surface area contributed by atoms with E-state index in [1.807, 2.05) is 0 Å². The number of nitrogens with one attached hydrogen (secondary N) is 1. The summed E-state index contributed by atoms with van der Waals surface area (Å²) in [5.41, 5.74) is 1.93. The van der Waals surface area contributed by atoms with E-state index in [0.717, 1.165) is 25.7 Å². The van der Waals surface area contributed by atoms with Crippen LogP contribution in [0.3, 0.4) is 0 Å². The van der Waals surface area contributed by atoms with Gasteiger partial charge in [-0.2, -0.15) is 0 Å². The van der Waals surface area contributed by atoms with Gasteiger partial charge in [-0.15, -0.1) is 0 Å². The van der Waals surface area contributed by atoms with E-state index in [1.54, 1.807) is 0 Å². The second kappa shape index (κ2) is 12.6. The Morgan fingerprint density at radius 3 is 1.81 bits per heavy atom. The summed E-state index contributed by atoms with van der Waals surface area (Å²) in [7, 11) is 0. The summed E-state index contributed by atoms with van der Waals surface area (Å²) in [6.07, 6.45) is 12.0. The van der Waals surface area contributed by atoms with E-state index in [0.29, 0.717) is 0 Å². The van der Waals surface area contributed by atoms with Crippen molar-refractivity contribution < 1.29 is 5.11 Å². The molecule has 0 radical (unpaired) electrons. The molecule has 1 heterocycles. The number of hydrogen-bond donors (Lipinski definition) is 2. The second-order valence-electron chi connectivity index (χ2n) is 9.99. The maximum absolute atomic E-state index is 12.4. The minimum atomic E-state index is -0.661. The molecule has 0 amide bonds. The van der Waals surface area contributed by atoms with Crippen LogP contribution in [0.2, 0.25) is 0 Å². The number of hydrogen-bond acceptors (Lipinski definition) is 2. The van der Waals surface area contributed by atoms with Crippen LogP contribution in [-0.4, -0.2) is 10.7 Å². The third kappa shape index (κ3) is 6.02. The average molecular weight is 436 g/mol. The van der Waals surface area contributed by atoms with Crippen LogP contribution in [0.1, 0.15) is 108 Å². The van der Waals surface area contributed by atoms with E-state index < -0.39 is 5.60 Å². The summed E-state index contributed by atoms with van der Waals surface area (Å²) >= 11 is 0. The van der Waals surface area contributed by atoms with Gasteiger partial charge in [-0.25, -0.2) is 0 Å². The predicted octanol–water partition coefficient (Wildman–Crippen LogP) is 8.00. The lowest BCUT2D eigenvalue weighted by molar-refractivity contribution is -0.126. The summed E-state index contributed by atoms with van der Waals surface area (Å²) in [5, 5.41) is 16.4. The summed E-state index contributed by atoms with van der Waals surface area (Å²) in [5.74, 6) is 0.395. The first-order valence-electron chi connectivity index (χ1n) is 13.2. The lowest BCUT2D eigenvalue weighted by Crippen LogP contribution is -2.58. The van der Waals surface area contributed by atoms with Gasteiger partial charge in [0.15, 0.2) is 0 Å². The smallest absolute Gasteiger partial charge is 0.0737 e. The number of unbranched alkanes of at least 4 members (excludes halogenated alkanes) is 6. The Kier molecular flexibility index (Phi) is 9.81. The van der Waals surface area contributed by atoms with E-state index in [1.165, 1.54) is 49.7 Å². The largest absolute Gasteiger partial charge is 0.389 e. The number of benzene rings is 2. The Morgan fingerprint density at radius 2 is 1.25 bits per heavy atom. The highest BCUT2D eigenvalue weighted by atomic mass is 16.3. The van der Waals surface area contributed by atoms with Crippen molar-refractivity contribution in [2.24, 2.45) is 11.8 Å². The van der Waals surface area contributed by atoms with Crippen molar-refractivity contribution in [2.45, 2.75) is 103 Å². The first kappa shape index (κ1) is 25.0. The Balaban J connectivity index is 1.84. The molecule has 32 heavy (non-hydrogen) atoms. The fraction of sp³-hybridized carbons (Fsp3) is 0.600. The van der Waals surface area contributed by atoms with Crippen molar-refractivity contribution in [2.75, 3.05) is 0 Å². The molecule has 2 nitrogen and oxygen atoms in total. The molecule has 1 fully saturated rings. The van der Waals surface area contributed by atoms with Crippen LogP contribution in [-0.2, 0) is 0 Å². The third-order valence-corrected chi connectivity index (χ3v) is 7.79. The van der Waals surface area contributed by atoms with Crippen LogP contribution in [0.15, 0.2) is 60.7 Å². The van der Waals surface area contributed by atoms with Crippen LogP contribution in [0.5, 0.6) is 0 Å². The highest BCUT2D eigenvalue weighted by molar-refractivity contribution is 5.28. The van der Waals surface area contributed by atoms with Gasteiger partial charge >= 0.3 is 0 Å². The Labute approximate surface area is 196 Å². The Bertz CT molecular complexity index is 761. The van der Waals surface area contributed by atoms with Crippen molar-refractivity contribution in [1.29, 1.82) is 0 Å². The van der Waals surface area contributed by atoms with Gasteiger partial charge in [0.25, 0.3) is 0 Å². The molecule has 0 spiro atoms. The summed E-state index contributed by atoms with van der Waals surface area (Å²) in [4.78, 5) is 0. The van der Waals surface area contributed by atoms with Gasteiger partial charge in [0.1, 0.15) is 0 Å². The molecule has 5 atom stereocenters. The summed E-state index contributed by atoms with van der Waals surface area (Å²) < 4.78 is 0. The molecular formula is C30H45NO. The molecule has 0 saturated carbocycles. The van der Waals surface area contributed by atoms with Crippen molar-refractivity contribution in [3.05, 3.63) is 71.8 Å². The number of aliphatic hydroxyl groups is 1. The van der Waals surface area contributed by atoms with Crippen LogP contribution in [0.4, 0.5) is 0 Å². The Morgan fingerprint density at radius 1 is 0.719 bits per heavy atom. The summed E-state index contributed by atoms with van der Waals surface area (Å²) in [6.45, 7) is 6.80. The number of piperidine rings is 1. The van der Waals surface area contributed by atoms with Crippen LogP contribution in [0.25, 0.3) is 0 Å². The molecule has 1 aliphatic rings. The fourth-order valence-electron chi connectivity index (χ4n) is 5.91. The lowest BCUT2D eigenvalue weighted by Gasteiger charge is -2.53. The predicted molar refractivity (Wildman–Crippen MR) is 137 cm³/mol. The maximum atomic E-state index is 12.4. The SMILES string of the molecule is CCCCCCCCC[C@@]1(O)[C@H](C)[C@H](c2ccccc2)N[C@H](c2ccccc2)[C@@H]1CCC. The molecule has 1 aliphatic heterocycles. The van der Waals surface area contributed by atoms with Gasteiger partial charge in [0.2, 0.25) is 0 Å². The minimum Gasteiger partial charge on any atom is -0.389 e. The van der Waals surface area contributed by atoms with Crippen LogP contribution < -0.4 is 5.32 Å². The zero-order valence-corrected chi connectivity index (χ0v) is 20.6. The highest BCUT2D eigenvalue weighted by Crippen LogP contribution is 2.50. The standard InChI is InChI=1S/C30H45NO/c1-4-6-7-8-9-10-17-23-30(32)24(3)28(25-19-13-11-14-20-25)31-29(27(30)18-5-2)26-21-15-12-16-22-26/h11-16,19-22,24,27-29,31-32H,4-10,17-18,23H2,1-3H3/t24-,27+,28-,29-,30-/m1/s1. The topological polar surface area (TPSA) is 32.3 Å². The van der Waals surface area contributed by atoms with Gasteiger partial charge in [-0.3, -0.25) is 0 Å². The molecule has 0 aliphatic carbocycles. The van der Waals surface area contributed by atoms with Crippen molar-refractivity contribution in [1.82, 2.24) is 5.32 Å². The first-order valence-corrected chi connectivity index (χ1v) is 13.2. The van der Waals surface area contributed by atoms with E-state index in [4.69, 9.17) is 0 Å². The van der Waals surface area contributed by atoms with Gasteiger partial charge in [0, 0.05) is 23.9 Å². The molecule has 0 bridgehead atoms. The summed E-state index contributed by atoms with van der Waals surface area (Å²) in [6, 6.07) is 21.9. The van der Waals surface area contributed by atoms with Crippen molar-refractivity contribution in [3.8, 4) is 0 Å².